The van der Waals surface area contributed by atoms with Crippen LogP contribution in [0.2, 0.25) is 0 Å². The van der Waals surface area contributed by atoms with Crippen LogP contribution < -0.4 is 15.8 Å². The second kappa shape index (κ2) is 5.98. The van der Waals surface area contributed by atoms with Gasteiger partial charge in [-0.3, -0.25) is 0 Å². The van der Waals surface area contributed by atoms with Gasteiger partial charge in [0.05, 0.1) is 18.5 Å². The fourth-order valence-electron chi connectivity index (χ4n) is 1.49. The SMILES string of the molecule is CCN(CC)C(=O)Nc1ccc(OC)cc1N. The summed E-state index contributed by atoms with van der Waals surface area (Å²) in [6, 6.07) is 5.02. The Kier molecular flexibility index (Phi) is 4.63. The lowest BCUT2D eigenvalue weighted by Gasteiger charge is -2.20. The number of carbonyl (C=O) groups is 1. The molecule has 0 saturated carbocycles. The molecular weight excluding hydrogens is 218 g/mol. The van der Waals surface area contributed by atoms with Gasteiger partial charge in [-0.25, -0.2) is 4.79 Å². The molecule has 5 nitrogen and oxygen atoms in total. The summed E-state index contributed by atoms with van der Waals surface area (Å²) in [6.07, 6.45) is 0. The maximum absolute atomic E-state index is 11.8. The van der Waals surface area contributed by atoms with Gasteiger partial charge in [-0.15, -0.1) is 0 Å². The maximum Gasteiger partial charge on any atom is 0.321 e. The summed E-state index contributed by atoms with van der Waals surface area (Å²) < 4.78 is 5.04. The summed E-state index contributed by atoms with van der Waals surface area (Å²) in [5.74, 6) is 0.670. The average Bonchev–Trinajstić information content (AvgIpc) is 2.33. The highest BCUT2D eigenvalue weighted by Gasteiger charge is 2.11. The third-order valence-corrected chi connectivity index (χ3v) is 2.55. The number of nitrogens with zero attached hydrogens (tertiary/aromatic N) is 1. The molecule has 0 atom stereocenters. The summed E-state index contributed by atoms with van der Waals surface area (Å²) in [4.78, 5) is 13.5. The molecule has 1 aromatic carbocycles. The van der Waals surface area contributed by atoms with Crippen molar-refractivity contribution >= 4 is 17.4 Å². The number of amides is 2. The molecule has 0 saturated heterocycles. The molecule has 0 heterocycles. The van der Waals surface area contributed by atoms with Crippen LogP contribution >= 0.6 is 0 Å². The first kappa shape index (κ1) is 13.2. The van der Waals surface area contributed by atoms with Crippen molar-refractivity contribution in [2.45, 2.75) is 13.8 Å². The molecule has 5 heteroatoms. The lowest BCUT2D eigenvalue weighted by atomic mass is 10.2. The van der Waals surface area contributed by atoms with E-state index in [-0.39, 0.29) is 6.03 Å². The molecular formula is C12H19N3O2. The van der Waals surface area contributed by atoms with E-state index in [2.05, 4.69) is 5.32 Å². The third-order valence-electron chi connectivity index (χ3n) is 2.55. The van der Waals surface area contributed by atoms with E-state index >= 15 is 0 Å². The molecule has 17 heavy (non-hydrogen) atoms. The summed E-state index contributed by atoms with van der Waals surface area (Å²) in [5.41, 5.74) is 6.91. The maximum atomic E-state index is 11.8. The van der Waals surface area contributed by atoms with Crippen molar-refractivity contribution in [3.8, 4) is 5.75 Å². The molecule has 0 aliphatic carbocycles. The Morgan fingerprint density at radius 1 is 1.41 bits per heavy atom. The number of carbonyl (C=O) groups excluding carboxylic acids is 1. The Labute approximate surface area is 102 Å². The zero-order chi connectivity index (χ0) is 12.8. The van der Waals surface area contributed by atoms with Crippen LogP contribution in [0.5, 0.6) is 5.75 Å². The second-order valence-corrected chi connectivity index (χ2v) is 3.56. The molecule has 0 aliphatic heterocycles. The summed E-state index contributed by atoms with van der Waals surface area (Å²) in [5, 5.41) is 2.77. The van der Waals surface area contributed by atoms with Crippen molar-refractivity contribution in [3.63, 3.8) is 0 Å². The number of nitrogens with two attached hydrogens (primary N) is 1. The topological polar surface area (TPSA) is 67.6 Å². The fourth-order valence-corrected chi connectivity index (χ4v) is 1.49. The minimum absolute atomic E-state index is 0.146. The third kappa shape index (κ3) is 3.27. The highest BCUT2D eigenvalue weighted by Crippen LogP contribution is 2.24. The number of urea groups is 1. The molecule has 0 unspecified atom stereocenters. The Morgan fingerprint density at radius 2 is 2.06 bits per heavy atom. The second-order valence-electron chi connectivity index (χ2n) is 3.56. The quantitative estimate of drug-likeness (QED) is 0.788. The number of nitrogen functional groups attached to an aromatic ring is 1. The normalized spacial score (nSPS) is 9.82. The predicted molar refractivity (Wildman–Crippen MR) is 69.3 cm³/mol. The largest absolute Gasteiger partial charge is 0.497 e. The number of rotatable bonds is 4. The minimum atomic E-state index is -0.146. The van der Waals surface area contributed by atoms with Gasteiger partial charge in [0.2, 0.25) is 0 Å². The van der Waals surface area contributed by atoms with Crippen molar-refractivity contribution in [2.75, 3.05) is 31.2 Å². The van der Waals surface area contributed by atoms with Crippen LogP contribution in [-0.4, -0.2) is 31.1 Å². The molecule has 1 rings (SSSR count). The molecule has 1 aromatic rings. The highest BCUT2D eigenvalue weighted by molar-refractivity contribution is 5.92. The van der Waals surface area contributed by atoms with E-state index in [4.69, 9.17) is 10.5 Å². The number of benzene rings is 1. The van der Waals surface area contributed by atoms with Crippen LogP contribution in [0.15, 0.2) is 18.2 Å². The number of hydrogen-bond acceptors (Lipinski definition) is 3. The zero-order valence-electron chi connectivity index (χ0n) is 10.5. The lowest BCUT2D eigenvalue weighted by molar-refractivity contribution is 0.217. The van der Waals surface area contributed by atoms with Gasteiger partial charge in [0.15, 0.2) is 0 Å². The average molecular weight is 237 g/mol. The van der Waals surface area contributed by atoms with Crippen LogP contribution in [0.1, 0.15) is 13.8 Å². The van der Waals surface area contributed by atoms with Crippen molar-refractivity contribution in [1.29, 1.82) is 0 Å². The van der Waals surface area contributed by atoms with Gasteiger partial charge in [-0.2, -0.15) is 0 Å². The van der Waals surface area contributed by atoms with Crippen molar-refractivity contribution in [3.05, 3.63) is 18.2 Å². The number of hydrogen-bond donors (Lipinski definition) is 2. The first-order valence-electron chi connectivity index (χ1n) is 5.61. The van der Waals surface area contributed by atoms with Crippen LogP contribution in [0.25, 0.3) is 0 Å². The Morgan fingerprint density at radius 3 is 2.53 bits per heavy atom. The van der Waals surface area contributed by atoms with Crippen LogP contribution in [0, 0.1) is 0 Å². The lowest BCUT2D eigenvalue weighted by Crippen LogP contribution is -2.34. The molecule has 0 radical (unpaired) electrons. The first-order chi connectivity index (χ1) is 8.12. The van der Waals surface area contributed by atoms with Gasteiger partial charge in [-0.05, 0) is 26.0 Å². The summed E-state index contributed by atoms with van der Waals surface area (Å²) in [6.45, 7) is 5.19. The van der Waals surface area contributed by atoms with E-state index in [1.165, 1.54) is 0 Å². The van der Waals surface area contributed by atoms with Gasteiger partial charge in [-0.1, -0.05) is 0 Å². The zero-order valence-corrected chi connectivity index (χ0v) is 10.5. The van der Waals surface area contributed by atoms with E-state index in [0.29, 0.717) is 30.2 Å². The Bertz CT molecular complexity index is 389. The number of nitrogens with one attached hydrogen (secondary N) is 1. The van der Waals surface area contributed by atoms with E-state index in [0.717, 1.165) is 0 Å². The summed E-state index contributed by atoms with van der Waals surface area (Å²) in [7, 11) is 1.57. The highest BCUT2D eigenvalue weighted by atomic mass is 16.5. The predicted octanol–water partition coefficient (Wildman–Crippen LogP) is 2.15. The van der Waals surface area contributed by atoms with E-state index < -0.39 is 0 Å². The van der Waals surface area contributed by atoms with Gasteiger partial charge in [0.1, 0.15) is 5.75 Å². The number of methoxy groups -OCH3 is 1. The Hall–Kier alpha value is -1.91. The molecule has 2 amide bonds. The van der Waals surface area contributed by atoms with Crippen LogP contribution in [-0.2, 0) is 0 Å². The van der Waals surface area contributed by atoms with Crippen molar-refractivity contribution in [1.82, 2.24) is 4.90 Å². The van der Waals surface area contributed by atoms with E-state index in [1.807, 2.05) is 13.8 Å². The Balaban J connectivity index is 2.78. The number of ether oxygens (including phenoxy) is 1. The van der Waals surface area contributed by atoms with Crippen LogP contribution in [0.3, 0.4) is 0 Å². The van der Waals surface area contributed by atoms with Crippen molar-refractivity contribution in [2.24, 2.45) is 0 Å². The molecule has 0 aromatic heterocycles. The molecule has 94 valence electrons. The van der Waals surface area contributed by atoms with E-state index in [1.54, 1.807) is 30.2 Å². The monoisotopic (exact) mass is 237 g/mol. The standard InChI is InChI=1S/C12H19N3O2/c1-4-15(5-2)12(16)14-11-7-6-9(17-3)8-10(11)13/h6-8H,4-5,13H2,1-3H3,(H,14,16). The fraction of sp³-hybridized carbons (Fsp3) is 0.417. The molecule has 0 fully saturated rings. The minimum Gasteiger partial charge on any atom is -0.497 e. The van der Waals surface area contributed by atoms with E-state index in [9.17, 15) is 4.79 Å². The first-order valence-corrected chi connectivity index (χ1v) is 5.61. The molecule has 3 N–H and O–H groups in total. The van der Waals surface area contributed by atoms with Gasteiger partial charge < -0.3 is 20.7 Å². The molecule has 0 spiro atoms. The van der Waals surface area contributed by atoms with Gasteiger partial charge in [0.25, 0.3) is 0 Å². The smallest absolute Gasteiger partial charge is 0.321 e. The van der Waals surface area contributed by atoms with Gasteiger partial charge in [0, 0.05) is 19.2 Å². The molecule has 0 aliphatic rings. The number of anilines is 2. The van der Waals surface area contributed by atoms with Crippen molar-refractivity contribution < 1.29 is 9.53 Å². The molecule has 0 bridgehead atoms. The van der Waals surface area contributed by atoms with Crippen LogP contribution in [0.4, 0.5) is 16.2 Å². The van der Waals surface area contributed by atoms with Gasteiger partial charge >= 0.3 is 6.03 Å². The summed E-state index contributed by atoms with van der Waals surface area (Å²) >= 11 is 0.